The van der Waals surface area contributed by atoms with Crippen molar-refractivity contribution in [1.82, 2.24) is 0 Å². The molecule has 0 saturated heterocycles. The number of hydrogen-bond donors (Lipinski definition) is 0. The van der Waals surface area contributed by atoms with Crippen LogP contribution in [0, 0.1) is 0 Å². The van der Waals surface area contributed by atoms with E-state index < -0.39 is 11.7 Å². The summed E-state index contributed by atoms with van der Waals surface area (Å²) in [5.74, 6) is 0. The zero-order chi connectivity index (χ0) is 12.5. The predicted molar refractivity (Wildman–Crippen MR) is 57.9 cm³/mol. The largest absolute Gasteiger partial charge is 0.416 e. The van der Waals surface area contributed by atoms with Crippen LogP contribution in [-0.4, -0.2) is 12.5 Å². The van der Waals surface area contributed by atoms with Gasteiger partial charge in [0.1, 0.15) is 0 Å². The molecule has 0 radical (unpaired) electrons. The number of aliphatic imine (C=N–C) groups is 1. The quantitative estimate of drug-likeness (QED) is 0.728. The molecule has 88 valence electrons. The fraction of sp³-hybridized carbons (Fsp3) is 0.167. The molecule has 17 heavy (non-hydrogen) atoms. The molecule has 1 heterocycles. The van der Waals surface area contributed by atoms with Crippen LogP contribution in [0.1, 0.15) is 27.9 Å². The van der Waals surface area contributed by atoms with Gasteiger partial charge in [-0.1, -0.05) is 12.1 Å². The van der Waals surface area contributed by atoms with Crippen molar-refractivity contribution in [1.29, 1.82) is 0 Å². The Hall–Kier alpha value is -1.91. The van der Waals surface area contributed by atoms with Gasteiger partial charge in [0.05, 0.1) is 11.3 Å². The molecule has 0 spiro atoms. The van der Waals surface area contributed by atoms with E-state index in [0.717, 1.165) is 12.1 Å². The molecule has 2 rings (SSSR count). The minimum Gasteiger partial charge on any atom is -0.298 e. The number of benzene rings is 1. The molecule has 0 unspecified atom stereocenters. The zero-order valence-electron chi connectivity index (χ0n) is 8.66. The van der Waals surface area contributed by atoms with Gasteiger partial charge in [-0.15, -0.1) is 0 Å². The lowest BCUT2D eigenvalue weighted by Gasteiger charge is -2.10. The minimum absolute atomic E-state index is 0.211. The summed E-state index contributed by atoms with van der Waals surface area (Å²) >= 11 is 0. The van der Waals surface area contributed by atoms with E-state index >= 15 is 0 Å². The van der Waals surface area contributed by atoms with Crippen molar-refractivity contribution >= 4 is 18.2 Å². The van der Waals surface area contributed by atoms with Gasteiger partial charge in [0.15, 0.2) is 6.29 Å². The van der Waals surface area contributed by atoms with E-state index in [9.17, 15) is 18.0 Å². The molecule has 0 amide bonds. The number of nitrogens with zero attached hydrogens (tertiary/aromatic N) is 1. The second-order valence-electron chi connectivity index (χ2n) is 3.55. The van der Waals surface area contributed by atoms with Crippen molar-refractivity contribution in [3.63, 3.8) is 0 Å². The van der Waals surface area contributed by atoms with Crippen LogP contribution >= 0.6 is 0 Å². The third kappa shape index (κ3) is 2.27. The van der Waals surface area contributed by atoms with Gasteiger partial charge in [0.2, 0.25) is 0 Å². The van der Waals surface area contributed by atoms with Gasteiger partial charge in [-0.2, -0.15) is 13.2 Å². The van der Waals surface area contributed by atoms with Gasteiger partial charge in [0, 0.05) is 23.8 Å². The van der Waals surface area contributed by atoms with Crippen LogP contribution in [0.2, 0.25) is 0 Å². The number of halogens is 3. The third-order valence-corrected chi connectivity index (χ3v) is 2.43. The summed E-state index contributed by atoms with van der Waals surface area (Å²) in [7, 11) is 0. The summed E-state index contributed by atoms with van der Waals surface area (Å²) in [5, 5.41) is 0. The molecule has 5 heteroatoms. The maximum Gasteiger partial charge on any atom is 0.416 e. The summed E-state index contributed by atoms with van der Waals surface area (Å²) in [6.45, 7) is 0. The molecule has 0 atom stereocenters. The third-order valence-electron chi connectivity index (χ3n) is 2.43. The Morgan fingerprint density at radius 2 is 2.06 bits per heavy atom. The van der Waals surface area contributed by atoms with E-state index in [1.54, 1.807) is 12.3 Å². The van der Waals surface area contributed by atoms with Crippen LogP contribution in [-0.2, 0) is 6.18 Å². The number of carbonyl (C=O) groups excluding carboxylic acids is 1. The normalized spacial score (nSPS) is 14.9. The topological polar surface area (TPSA) is 29.4 Å². The number of carbonyl (C=O) groups is 1. The number of hydrogen-bond acceptors (Lipinski definition) is 2. The number of allylic oxidation sites excluding steroid dienone is 1. The summed E-state index contributed by atoms with van der Waals surface area (Å²) in [5.41, 5.74) is 0.0752. The SMILES string of the molecule is O=Cc1ccc(C(F)(F)F)cc1C1=CCC=N1. The Labute approximate surface area is 95.5 Å². The number of aldehydes is 1. The first-order chi connectivity index (χ1) is 8.02. The molecule has 0 aromatic heterocycles. The summed E-state index contributed by atoms with van der Waals surface area (Å²) < 4.78 is 37.6. The maximum atomic E-state index is 12.5. The fourth-order valence-electron chi connectivity index (χ4n) is 1.60. The molecule has 0 bridgehead atoms. The molecular weight excluding hydrogens is 231 g/mol. The van der Waals surface area contributed by atoms with Crippen molar-refractivity contribution in [2.75, 3.05) is 0 Å². The highest BCUT2D eigenvalue weighted by Crippen LogP contribution is 2.33. The van der Waals surface area contributed by atoms with Crippen molar-refractivity contribution in [3.8, 4) is 0 Å². The molecular formula is C12H8F3NO. The van der Waals surface area contributed by atoms with E-state index in [2.05, 4.69) is 4.99 Å². The Kier molecular flexibility index (Phi) is 2.83. The van der Waals surface area contributed by atoms with E-state index in [0.29, 0.717) is 18.4 Å². The van der Waals surface area contributed by atoms with Crippen LogP contribution in [0.5, 0.6) is 0 Å². The highest BCUT2D eigenvalue weighted by atomic mass is 19.4. The van der Waals surface area contributed by atoms with Crippen molar-refractivity contribution < 1.29 is 18.0 Å². The molecule has 0 N–H and O–H groups in total. The standard InChI is InChI=1S/C12H8F3NO/c13-12(14,15)9-4-3-8(7-17)10(6-9)11-2-1-5-16-11/h2-7H,1H2. The summed E-state index contributed by atoms with van der Waals surface area (Å²) in [6.07, 6.45) is -0.0419. The average Bonchev–Trinajstić information content (AvgIpc) is 2.80. The van der Waals surface area contributed by atoms with Gasteiger partial charge in [-0.3, -0.25) is 9.79 Å². The lowest BCUT2D eigenvalue weighted by atomic mass is 10.0. The molecule has 0 fully saturated rings. The van der Waals surface area contributed by atoms with Crippen LogP contribution in [0.15, 0.2) is 29.3 Å². The van der Waals surface area contributed by atoms with Crippen molar-refractivity contribution in [3.05, 3.63) is 41.0 Å². The maximum absolute atomic E-state index is 12.5. The molecule has 1 aliphatic rings. The Bertz CT molecular complexity index is 515. The molecule has 0 aliphatic carbocycles. The highest BCUT2D eigenvalue weighted by molar-refractivity contribution is 5.89. The van der Waals surface area contributed by atoms with Crippen LogP contribution in [0.3, 0.4) is 0 Å². The molecule has 1 aliphatic heterocycles. The first-order valence-corrected chi connectivity index (χ1v) is 4.92. The summed E-state index contributed by atoms with van der Waals surface area (Å²) in [4.78, 5) is 14.7. The minimum atomic E-state index is -4.42. The molecule has 0 saturated carbocycles. The van der Waals surface area contributed by atoms with E-state index in [-0.39, 0.29) is 11.1 Å². The van der Waals surface area contributed by atoms with E-state index in [1.165, 1.54) is 6.07 Å². The van der Waals surface area contributed by atoms with Gasteiger partial charge in [-0.25, -0.2) is 0 Å². The van der Waals surface area contributed by atoms with Gasteiger partial charge >= 0.3 is 6.18 Å². The first-order valence-electron chi connectivity index (χ1n) is 4.92. The van der Waals surface area contributed by atoms with Crippen molar-refractivity contribution in [2.24, 2.45) is 4.99 Å². The van der Waals surface area contributed by atoms with Gasteiger partial charge in [-0.05, 0) is 12.1 Å². The Morgan fingerprint density at radius 1 is 1.29 bits per heavy atom. The van der Waals surface area contributed by atoms with Gasteiger partial charge in [0.25, 0.3) is 0 Å². The second kappa shape index (κ2) is 4.16. The van der Waals surface area contributed by atoms with Crippen LogP contribution in [0.4, 0.5) is 13.2 Å². The molecule has 1 aromatic rings. The monoisotopic (exact) mass is 239 g/mol. The average molecular weight is 239 g/mol. The first kappa shape index (κ1) is 11.6. The lowest BCUT2D eigenvalue weighted by Crippen LogP contribution is -2.06. The zero-order valence-corrected chi connectivity index (χ0v) is 8.66. The van der Waals surface area contributed by atoms with Crippen LogP contribution in [0.25, 0.3) is 5.70 Å². The Balaban J connectivity index is 2.54. The Morgan fingerprint density at radius 3 is 2.59 bits per heavy atom. The lowest BCUT2D eigenvalue weighted by molar-refractivity contribution is -0.137. The van der Waals surface area contributed by atoms with E-state index in [1.807, 2.05) is 0 Å². The fourth-order valence-corrected chi connectivity index (χ4v) is 1.60. The highest BCUT2D eigenvalue weighted by Gasteiger charge is 2.31. The summed E-state index contributed by atoms with van der Waals surface area (Å²) in [6, 6.07) is 3.02. The van der Waals surface area contributed by atoms with E-state index in [4.69, 9.17) is 0 Å². The smallest absolute Gasteiger partial charge is 0.298 e. The molecule has 1 aromatic carbocycles. The molecule has 2 nitrogen and oxygen atoms in total. The second-order valence-corrected chi connectivity index (χ2v) is 3.55. The van der Waals surface area contributed by atoms with Crippen LogP contribution < -0.4 is 0 Å². The number of rotatable bonds is 2. The van der Waals surface area contributed by atoms with Crippen molar-refractivity contribution in [2.45, 2.75) is 12.6 Å². The number of alkyl halides is 3. The predicted octanol–water partition coefficient (Wildman–Crippen LogP) is 3.33. The van der Waals surface area contributed by atoms with Gasteiger partial charge < -0.3 is 0 Å².